The minimum atomic E-state index is 0. The van der Waals surface area contributed by atoms with Crippen molar-refractivity contribution in [3.05, 3.63) is 17.7 Å². The predicted molar refractivity (Wildman–Crippen MR) is 69.8 cm³/mol. The fraction of sp³-hybridized carbons (Fsp3) is 0.400. The van der Waals surface area contributed by atoms with Crippen LogP contribution in [-0.2, 0) is 5.33 Å². The number of rotatable bonds is 4. The van der Waals surface area contributed by atoms with Gasteiger partial charge in [-0.25, -0.2) is 0 Å². The molecule has 0 saturated heterocycles. The summed E-state index contributed by atoms with van der Waals surface area (Å²) in [5, 5.41) is 0.754. The second-order valence-electron chi connectivity index (χ2n) is 2.67. The molecule has 1 atom stereocenters. The van der Waals surface area contributed by atoms with Gasteiger partial charge in [-0.05, 0) is 17.7 Å². The molecule has 0 heterocycles. The number of alkyl halides is 1. The van der Waals surface area contributed by atoms with Gasteiger partial charge in [-0.2, -0.15) is 9.90 Å². The maximum Gasteiger partial charge on any atom is 0.203 e. The summed E-state index contributed by atoms with van der Waals surface area (Å²) < 4.78 is 15.6. The molecule has 0 amide bonds. The molecule has 0 N–H and O–H groups in total. The second kappa shape index (κ2) is 6.91. The summed E-state index contributed by atoms with van der Waals surface area (Å²) in [6.07, 6.45) is 0. The molecular formula is C10H16BrO3P. The van der Waals surface area contributed by atoms with Crippen LogP contribution in [0.1, 0.15) is 5.56 Å². The molecule has 0 aromatic heterocycles. The smallest absolute Gasteiger partial charge is 0.203 e. The van der Waals surface area contributed by atoms with Crippen molar-refractivity contribution >= 4 is 25.8 Å². The number of hydrogen-bond acceptors (Lipinski definition) is 3. The summed E-state index contributed by atoms with van der Waals surface area (Å²) in [5.74, 6) is 1.99. The highest BCUT2D eigenvalue weighted by Crippen LogP contribution is 2.38. The van der Waals surface area contributed by atoms with E-state index in [2.05, 4.69) is 15.9 Å². The van der Waals surface area contributed by atoms with Crippen molar-refractivity contribution in [1.29, 1.82) is 0 Å². The van der Waals surface area contributed by atoms with E-state index >= 15 is 0 Å². The average Bonchev–Trinajstić information content (AvgIpc) is 2.26. The molecule has 1 aromatic rings. The zero-order valence-electron chi connectivity index (χ0n) is 9.17. The first-order chi connectivity index (χ1) is 6.76. The normalized spacial score (nSPS) is 9.07. The predicted octanol–water partition coefficient (Wildman–Crippen LogP) is 2.67. The van der Waals surface area contributed by atoms with E-state index in [4.69, 9.17) is 14.2 Å². The van der Waals surface area contributed by atoms with Crippen LogP contribution in [0.25, 0.3) is 0 Å². The molecule has 0 saturated carbocycles. The molecule has 86 valence electrons. The van der Waals surface area contributed by atoms with Gasteiger partial charge in [-0.3, -0.25) is 0 Å². The van der Waals surface area contributed by atoms with E-state index in [1.165, 1.54) is 0 Å². The van der Waals surface area contributed by atoms with E-state index < -0.39 is 0 Å². The van der Waals surface area contributed by atoms with Crippen molar-refractivity contribution in [3.63, 3.8) is 0 Å². The van der Waals surface area contributed by atoms with Gasteiger partial charge in [-0.1, -0.05) is 15.9 Å². The quantitative estimate of drug-likeness (QED) is 0.631. The minimum Gasteiger partial charge on any atom is -0.493 e. The van der Waals surface area contributed by atoms with E-state index in [9.17, 15) is 0 Å². The molecule has 0 radical (unpaired) electrons. The van der Waals surface area contributed by atoms with Gasteiger partial charge < -0.3 is 14.2 Å². The van der Waals surface area contributed by atoms with Crippen molar-refractivity contribution in [2.24, 2.45) is 0 Å². The molecule has 5 heteroatoms. The maximum atomic E-state index is 5.20. The van der Waals surface area contributed by atoms with Crippen LogP contribution in [0.3, 0.4) is 0 Å². The van der Waals surface area contributed by atoms with Crippen LogP contribution < -0.4 is 14.2 Å². The van der Waals surface area contributed by atoms with Crippen LogP contribution in [0.15, 0.2) is 12.1 Å². The van der Waals surface area contributed by atoms with Crippen molar-refractivity contribution in [1.82, 2.24) is 0 Å². The highest BCUT2D eigenvalue weighted by molar-refractivity contribution is 9.08. The Morgan fingerprint density at radius 2 is 1.47 bits per heavy atom. The first kappa shape index (κ1) is 14.5. The van der Waals surface area contributed by atoms with Gasteiger partial charge in [0, 0.05) is 5.33 Å². The van der Waals surface area contributed by atoms with Crippen LogP contribution in [-0.4, -0.2) is 21.3 Å². The number of hydrogen-bond donors (Lipinski definition) is 0. The van der Waals surface area contributed by atoms with Crippen molar-refractivity contribution in [2.75, 3.05) is 21.3 Å². The first-order valence-corrected chi connectivity index (χ1v) is 5.23. The Morgan fingerprint density at radius 1 is 1.00 bits per heavy atom. The lowest BCUT2D eigenvalue weighted by atomic mass is 10.2. The Morgan fingerprint density at radius 3 is 1.73 bits per heavy atom. The summed E-state index contributed by atoms with van der Waals surface area (Å²) in [7, 11) is 4.80. The van der Waals surface area contributed by atoms with E-state index in [1.807, 2.05) is 12.1 Å². The number of ether oxygens (including phenoxy) is 3. The molecule has 1 rings (SSSR count). The van der Waals surface area contributed by atoms with Crippen LogP contribution >= 0.6 is 25.8 Å². The van der Waals surface area contributed by atoms with Crippen molar-refractivity contribution < 1.29 is 14.2 Å². The third-order valence-corrected chi connectivity index (χ3v) is 2.53. The lowest BCUT2D eigenvalue weighted by Gasteiger charge is -2.13. The summed E-state index contributed by atoms with van der Waals surface area (Å²) in [5.41, 5.74) is 1.08. The average molecular weight is 295 g/mol. The first-order valence-electron chi connectivity index (χ1n) is 4.11. The molecule has 15 heavy (non-hydrogen) atoms. The van der Waals surface area contributed by atoms with E-state index in [0.717, 1.165) is 10.9 Å². The molecular weight excluding hydrogens is 279 g/mol. The van der Waals surface area contributed by atoms with Gasteiger partial charge in [0.05, 0.1) is 21.3 Å². The standard InChI is InChI=1S/C10H13BrO3.H3P/c1-12-8-4-7(6-11)5-9(13-2)10(8)14-3;/h4-5H,6H2,1-3H3;1H3. The Labute approximate surface area is 102 Å². The fourth-order valence-electron chi connectivity index (χ4n) is 1.21. The van der Waals surface area contributed by atoms with Gasteiger partial charge in [0.1, 0.15) is 0 Å². The van der Waals surface area contributed by atoms with E-state index in [1.54, 1.807) is 21.3 Å². The molecule has 0 aliphatic carbocycles. The van der Waals surface area contributed by atoms with Gasteiger partial charge in [0.25, 0.3) is 0 Å². The monoisotopic (exact) mass is 294 g/mol. The van der Waals surface area contributed by atoms with Gasteiger partial charge in [0.2, 0.25) is 5.75 Å². The van der Waals surface area contributed by atoms with Crippen LogP contribution in [0, 0.1) is 0 Å². The number of benzene rings is 1. The van der Waals surface area contributed by atoms with Gasteiger partial charge in [-0.15, -0.1) is 0 Å². The molecule has 1 aromatic carbocycles. The van der Waals surface area contributed by atoms with Crippen LogP contribution in [0.5, 0.6) is 17.2 Å². The van der Waals surface area contributed by atoms with E-state index in [0.29, 0.717) is 17.2 Å². The summed E-state index contributed by atoms with van der Waals surface area (Å²) in [4.78, 5) is 0. The Balaban J connectivity index is 0.00000196. The SMILES string of the molecule is COc1cc(CBr)cc(OC)c1OC.P. The Kier molecular flexibility index (Phi) is 6.70. The molecule has 0 aliphatic rings. The Bertz CT molecular complexity index is 293. The van der Waals surface area contributed by atoms with Crippen LogP contribution in [0.2, 0.25) is 0 Å². The molecule has 0 bridgehead atoms. The zero-order valence-corrected chi connectivity index (χ0v) is 12.2. The highest BCUT2D eigenvalue weighted by atomic mass is 79.9. The van der Waals surface area contributed by atoms with E-state index in [-0.39, 0.29) is 9.90 Å². The zero-order chi connectivity index (χ0) is 10.6. The largest absolute Gasteiger partial charge is 0.493 e. The summed E-state index contributed by atoms with van der Waals surface area (Å²) in [6, 6.07) is 3.83. The molecule has 0 fully saturated rings. The molecule has 3 nitrogen and oxygen atoms in total. The van der Waals surface area contributed by atoms with Gasteiger partial charge >= 0.3 is 0 Å². The Hall–Kier alpha value is -0.470. The van der Waals surface area contributed by atoms with Crippen molar-refractivity contribution in [2.45, 2.75) is 5.33 Å². The molecule has 1 unspecified atom stereocenters. The summed E-state index contributed by atoms with van der Waals surface area (Å²) >= 11 is 3.38. The van der Waals surface area contributed by atoms with Crippen LogP contribution in [0.4, 0.5) is 0 Å². The highest BCUT2D eigenvalue weighted by Gasteiger charge is 2.12. The molecule has 0 aliphatic heterocycles. The topological polar surface area (TPSA) is 27.7 Å². The summed E-state index contributed by atoms with van der Waals surface area (Å²) in [6.45, 7) is 0. The van der Waals surface area contributed by atoms with Crippen molar-refractivity contribution in [3.8, 4) is 17.2 Å². The maximum absolute atomic E-state index is 5.20. The number of halogens is 1. The lowest BCUT2D eigenvalue weighted by molar-refractivity contribution is 0.324. The lowest BCUT2D eigenvalue weighted by Crippen LogP contribution is -1.96. The van der Waals surface area contributed by atoms with Gasteiger partial charge in [0.15, 0.2) is 11.5 Å². The third kappa shape index (κ3) is 3.25. The molecule has 0 spiro atoms. The second-order valence-corrected chi connectivity index (χ2v) is 3.23. The minimum absolute atomic E-state index is 0. The number of methoxy groups -OCH3 is 3. The third-order valence-electron chi connectivity index (χ3n) is 1.88. The fourth-order valence-corrected chi connectivity index (χ4v) is 1.54.